The molecule has 9 heteroatoms. The first-order valence-electron chi connectivity index (χ1n) is 23.9. The van der Waals surface area contributed by atoms with Gasteiger partial charge >= 0.3 is 13.8 Å². The molecule has 0 fully saturated rings. The van der Waals surface area contributed by atoms with Crippen molar-refractivity contribution in [1.29, 1.82) is 0 Å². The number of hydrogen-bond acceptors (Lipinski definition) is 7. The number of ether oxygens (including phenoxy) is 2. The van der Waals surface area contributed by atoms with Gasteiger partial charge in [-0.1, -0.05) is 199 Å². The van der Waals surface area contributed by atoms with Crippen molar-refractivity contribution in [3.8, 4) is 0 Å². The van der Waals surface area contributed by atoms with E-state index < -0.39 is 13.9 Å². The predicted octanol–water partition coefficient (Wildman–Crippen LogP) is 14.8. The van der Waals surface area contributed by atoms with Gasteiger partial charge in [0, 0.05) is 13.0 Å². The normalized spacial score (nSPS) is 13.5. The standard InChI is InChI=1S/C47H92NO7P/c1-3-5-7-9-11-13-15-17-19-21-22-23-24-25-26-28-30-32-34-36-38-40-47(49)53-44-46(45-55-56(50,51)54-43-41-48)52-42-39-37-35-33-31-29-27-20-18-16-14-12-10-8-6-4-2/h18,20,39,42,46H,3-17,19,21-38,40-41,43-45,48H2,1-2H3,(H,50,51)/t46-/m1/s1. The molecule has 332 valence electrons. The van der Waals surface area contributed by atoms with Gasteiger partial charge in [-0.15, -0.1) is 0 Å². The summed E-state index contributed by atoms with van der Waals surface area (Å²) in [4.78, 5) is 22.3. The minimum atomic E-state index is -4.27. The van der Waals surface area contributed by atoms with E-state index in [4.69, 9.17) is 24.3 Å². The number of phosphoric ester groups is 1. The lowest BCUT2D eigenvalue weighted by atomic mass is 10.0. The van der Waals surface area contributed by atoms with Crippen molar-refractivity contribution in [1.82, 2.24) is 0 Å². The highest BCUT2D eigenvalue weighted by Gasteiger charge is 2.24. The maximum Gasteiger partial charge on any atom is 0.472 e. The Morgan fingerprint density at radius 1 is 0.536 bits per heavy atom. The van der Waals surface area contributed by atoms with E-state index in [1.54, 1.807) is 6.26 Å². The molecule has 1 unspecified atom stereocenters. The highest BCUT2D eigenvalue weighted by Crippen LogP contribution is 2.43. The molecule has 0 amide bonds. The molecule has 0 aromatic carbocycles. The second kappa shape index (κ2) is 44.9. The number of rotatable bonds is 46. The molecule has 0 heterocycles. The van der Waals surface area contributed by atoms with Gasteiger partial charge in [0.15, 0.2) is 6.10 Å². The van der Waals surface area contributed by atoms with Crippen molar-refractivity contribution in [2.45, 2.75) is 245 Å². The average Bonchev–Trinajstić information content (AvgIpc) is 3.19. The molecule has 0 aliphatic rings. The number of phosphoric acid groups is 1. The Kier molecular flexibility index (Phi) is 44.0. The van der Waals surface area contributed by atoms with Crippen LogP contribution in [0.1, 0.15) is 239 Å². The van der Waals surface area contributed by atoms with Gasteiger partial charge in [-0.05, 0) is 51.0 Å². The first kappa shape index (κ1) is 54.8. The minimum absolute atomic E-state index is 0.0638. The average molecular weight is 814 g/mol. The van der Waals surface area contributed by atoms with Crippen LogP contribution < -0.4 is 5.73 Å². The molecule has 0 rings (SSSR count). The Morgan fingerprint density at radius 3 is 1.32 bits per heavy atom. The van der Waals surface area contributed by atoms with Crippen LogP contribution in [0.5, 0.6) is 0 Å². The van der Waals surface area contributed by atoms with Crippen LogP contribution in [0, 0.1) is 0 Å². The maximum atomic E-state index is 12.4. The predicted molar refractivity (Wildman–Crippen MR) is 238 cm³/mol. The number of nitrogens with two attached hydrogens (primary N) is 1. The van der Waals surface area contributed by atoms with Crippen molar-refractivity contribution >= 4 is 13.8 Å². The van der Waals surface area contributed by atoms with E-state index in [0.29, 0.717) is 6.42 Å². The molecule has 0 radical (unpaired) electrons. The van der Waals surface area contributed by atoms with E-state index in [0.717, 1.165) is 44.9 Å². The van der Waals surface area contributed by atoms with E-state index in [9.17, 15) is 14.3 Å². The smallest absolute Gasteiger partial charge is 0.472 e. The summed E-state index contributed by atoms with van der Waals surface area (Å²) >= 11 is 0. The second-order valence-electron chi connectivity index (χ2n) is 16.0. The third-order valence-electron chi connectivity index (χ3n) is 10.5. The summed E-state index contributed by atoms with van der Waals surface area (Å²) in [7, 11) is -4.27. The van der Waals surface area contributed by atoms with E-state index in [1.807, 2.05) is 6.08 Å². The number of allylic oxidation sites excluding steroid dienone is 3. The van der Waals surface area contributed by atoms with E-state index in [2.05, 4.69) is 26.0 Å². The molecule has 0 saturated carbocycles. The Morgan fingerprint density at radius 2 is 0.911 bits per heavy atom. The summed E-state index contributed by atoms with van der Waals surface area (Å²) in [5.74, 6) is -0.288. The Bertz CT molecular complexity index is 915. The van der Waals surface area contributed by atoms with Gasteiger partial charge in [0.05, 0.1) is 19.5 Å². The van der Waals surface area contributed by atoms with Gasteiger partial charge in [-0.25, -0.2) is 4.57 Å². The molecule has 8 nitrogen and oxygen atoms in total. The summed E-state index contributed by atoms with van der Waals surface area (Å²) in [6.45, 7) is 4.24. The molecule has 3 N–H and O–H groups in total. The molecule has 0 saturated heterocycles. The monoisotopic (exact) mass is 814 g/mol. The Hall–Kier alpha value is -1.18. The number of esters is 1. The quantitative estimate of drug-likeness (QED) is 0.0205. The molecule has 0 bridgehead atoms. The van der Waals surface area contributed by atoms with Crippen LogP contribution in [0.4, 0.5) is 0 Å². The zero-order valence-corrected chi connectivity index (χ0v) is 37.8. The minimum Gasteiger partial charge on any atom is -0.492 e. The van der Waals surface area contributed by atoms with Crippen molar-refractivity contribution in [2.24, 2.45) is 5.73 Å². The largest absolute Gasteiger partial charge is 0.492 e. The topological polar surface area (TPSA) is 117 Å². The molecule has 56 heavy (non-hydrogen) atoms. The van der Waals surface area contributed by atoms with Crippen LogP contribution in [0.25, 0.3) is 0 Å². The second-order valence-corrected chi connectivity index (χ2v) is 17.5. The highest BCUT2D eigenvalue weighted by atomic mass is 31.2. The van der Waals surface area contributed by atoms with Crippen LogP contribution in [0.3, 0.4) is 0 Å². The van der Waals surface area contributed by atoms with Crippen molar-refractivity contribution in [2.75, 3.05) is 26.4 Å². The van der Waals surface area contributed by atoms with Gasteiger partial charge in [-0.3, -0.25) is 13.8 Å². The summed E-state index contributed by atoms with van der Waals surface area (Å²) in [6, 6.07) is 0. The van der Waals surface area contributed by atoms with Crippen LogP contribution in [0.2, 0.25) is 0 Å². The molecular formula is C47H92NO7P. The molecule has 0 aliphatic carbocycles. The zero-order valence-electron chi connectivity index (χ0n) is 36.9. The van der Waals surface area contributed by atoms with Crippen LogP contribution in [-0.4, -0.2) is 43.3 Å². The molecule has 0 aromatic rings. The lowest BCUT2D eigenvalue weighted by Gasteiger charge is -2.19. The summed E-state index contributed by atoms with van der Waals surface area (Å²) < 4.78 is 33.3. The third kappa shape index (κ3) is 43.9. The Labute approximate surface area is 346 Å². The van der Waals surface area contributed by atoms with Crippen LogP contribution in [0.15, 0.2) is 24.5 Å². The molecule has 0 spiro atoms. The first-order chi connectivity index (χ1) is 27.4. The van der Waals surface area contributed by atoms with Gasteiger partial charge in [0.25, 0.3) is 0 Å². The van der Waals surface area contributed by atoms with Gasteiger partial charge < -0.3 is 20.1 Å². The lowest BCUT2D eigenvalue weighted by molar-refractivity contribution is -0.147. The van der Waals surface area contributed by atoms with E-state index in [-0.39, 0.29) is 32.3 Å². The molecule has 2 atom stereocenters. The van der Waals surface area contributed by atoms with Gasteiger partial charge in [-0.2, -0.15) is 0 Å². The summed E-state index contributed by atoms with van der Waals surface area (Å²) in [5, 5.41) is 0. The zero-order chi connectivity index (χ0) is 40.9. The van der Waals surface area contributed by atoms with Gasteiger partial charge in [0.2, 0.25) is 0 Å². The third-order valence-corrected chi connectivity index (χ3v) is 11.4. The summed E-state index contributed by atoms with van der Waals surface area (Å²) in [6.07, 6.45) is 51.6. The molecule has 0 aliphatic heterocycles. The van der Waals surface area contributed by atoms with Crippen molar-refractivity contribution in [3.05, 3.63) is 24.5 Å². The number of hydrogen-bond donors (Lipinski definition) is 2. The van der Waals surface area contributed by atoms with Crippen LogP contribution in [-0.2, 0) is 27.9 Å². The van der Waals surface area contributed by atoms with E-state index in [1.165, 1.54) is 173 Å². The first-order valence-corrected chi connectivity index (χ1v) is 25.4. The van der Waals surface area contributed by atoms with Crippen LogP contribution >= 0.6 is 7.82 Å². The SMILES string of the molecule is CCCCCCCCC=CCCCCCCC=CO[C@H](COC(=O)CCCCCCCCCCCCCCCCCCCCCCC)COP(=O)(O)OCCN. The highest BCUT2D eigenvalue weighted by molar-refractivity contribution is 7.47. The van der Waals surface area contributed by atoms with Gasteiger partial charge in [0.1, 0.15) is 6.61 Å². The number of carbonyl (C=O) groups excluding carboxylic acids is 1. The summed E-state index contributed by atoms with van der Waals surface area (Å²) in [5.41, 5.74) is 5.37. The van der Waals surface area contributed by atoms with E-state index >= 15 is 0 Å². The van der Waals surface area contributed by atoms with Crippen molar-refractivity contribution < 1.29 is 32.8 Å². The molecule has 0 aromatic heterocycles. The molecular weight excluding hydrogens is 721 g/mol. The lowest BCUT2D eigenvalue weighted by Crippen LogP contribution is -2.25. The number of unbranched alkanes of at least 4 members (excludes halogenated alkanes) is 31. The Balaban J connectivity index is 3.97. The fraction of sp³-hybridized carbons (Fsp3) is 0.894. The maximum absolute atomic E-state index is 12.4. The van der Waals surface area contributed by atoms with Crippen molar-refractivity contribution in [3.63, 3.8) is 0 Å². The number of carbonyl (C=O) groups is 1. The fourth-order valence-corrected chi connectivity index (χ4v) is 7.62. The fourth-order valence-electron chi connectivity index (χ4n) is 6.86.